The van der Waals surface area contributed by atoms with Crippen LogP contribution in [-0.2, 0) is 59.1 Å². The molecule has 5 aromatic rings. The Morgan fingerprint density at radius 3 is 1.88 bits per heavy atom. The molecule has 36 nitrogen and oxygen atoms in total. The van der Waals surface area contributed by atoms with E-state index in [-0.39, 0.29) is 95.0 Å². The van der Waals surface area contributed by atoms with Crippen LogP contribution in [0.4, 0.5) is 9.59 Å². The average molecular weight is 1550 g/mol. The van der Waals surface area contributed by atoms with Gasteiger partial charge in [0.25, 0.3) is 5.91 Å². The first-order valence-electron chi connectivity index (χ1n) is 36.1. The Bertz CT molecular complexity index is 4020. The molecule has 13 amide bonds. The third-order valence-electron chi connectivity index (χ3n) is 17.4. The molecule has 0 aliphatic carbocycles. The van der Waals surface area contributed by atoms with Crippen molar-refractivity contribution in [3.8, 4) is 0 Å². The van der Waals surface area contributed by atoms with Crippen LogP contribution in [0.1, 0.15) is 106 Å². The first-order chi connectivity index (χ1) is 52.6. The number of pyridine rings is 1. The van der Waals surface area contributed by atoms with Gasteiger partial charge in [-0.1, -0.05) is 74.1 Å². The average Bonchev–Trinajstić information content (AvgIpc) is 1.62. The maximum absolute atomic E-state index is 14.9. The molecule has 110 heavy (non-hydrogen) atoms. The van der Waals surface area contributed by atoms with Crippen molar-refractivity contribution in [1.29, 1.82) is 0 Å². The number of hydrogen-bond acceptors (Lipinski definition) is 23. The Labute approximate surface area is 640 Å². The topological polar surface area (TPSA) is 568 Å². The van der Waals surface area contributed by atoms with E-state index in [1.165, 1.54) is 32.7 Å². The lowest BCUT2D eigenvalue weighted by Crippen LogP contribution is -2.61. The summed E-state index contributed by atoms with van der Waals surface area (Å²) in [7, 11) is 1.51. The fourth-order valence-corrected chi connectivity index (χ4v) is 12.6. The number of rotatable bonds is 31. The minimum Gasteiger partial charge on any atom is -0.448 e. The minimum absolute atomic E-state index is 0.0177. The molecule has 0 bridgehead atoms. The lowest BCUT2D eigenvalue weighted by molar-refractivity contribution is -0.136. The molecule has 0 spiro atoms. The summed E-state index contributed by atoms with van der Waals surface area (Å²) in [5, 5.41) is 55.5. The van der Waals surface area contributed by atoms with Crippen LogP contribution in [0, 0.1) is 5.92 Å². The third kappa shape index (κ3) is 27.0. The molecule has 37 heteroatoms. The molecule has 6 rings (SSSR count). The molecule has 1 aliphatic heterocycles. The maximum Gasteiger partial charge on any atom is 0.404 e. The van der Waals surface area contributed by atoms with Gasteiger partial charge in [-0.2, -0.15) is 9.78 Å². The number of amides is 13. The number of nitrogens with zero attached hydrogens (tertiary/aromatic N) is 4. The zero-order chi connectivity index (χ0) is 80.6. The van der Waals surface area contributed by atoms with Crippen molar-refractivity contribution in [2.45, 2.75) is 162 Å². The van der Waals surface area contributed by atoms with Gasteiger partial charge >= 0.3 is 12.1 Å². The number of ether oxygens (including phenoxy) is 1. The van der Waals surface area contributed by atoms with Gasteiger partial charge in [-0.05, 0) is 151 Å². The lowest BCUT2D eigenvalue weighted by Gasteiger charge is -2.28. The van der Waals surface area contributed by atoms with Crippen LogP contribution < -0.4 is 87.2 Å². The van der Waals surface area contributed by atoms with Gasteiger partial charge in [0, 0.05) is 54.4 Å². The van der Waals surface area contributed by atoms with E-state index in [4.69, 9.17) is 33.4 Å². The lowest BCUT2D eigenvalue weighted by atomic mass is 10.00. The highest BCUT2D eigenvalue weighted by Crippen LogP contribution is 2.34. The van der Waals surface area contributed by atoms with Gasteiger partial charge in [-0.25, -0.2) is 9.59 Å². The summed E-state index contributed by atoms with van der Waals surface area (Å²) in [5.41, 5.74) is 31.2. The molecule has 3 aromatic carbocycles. The van der Waals surface area contributed by atoms with E-state index in [1.54, 1.807) is 123 Å². The van der Waals surface area contributed by atoms with Crippen LogP contribution in [0.5, 0.6) is 0 Å². The Kier molecular flexibility index (Phi) is 35.6. The number of aromatic nitrogens is 3. The quantitative estimate of drug-likeness (QED) is 0.0220. The summed E-state index contributed by atoms with van der Waals surface area (Å²) in [6.07, 6.45) is -1.54. The number of carbonyl (C=O) groups is 13. The molecule has 3 heterocycles. The Morgan fingerprint density at radius 2 is 1.28 bits per heavy atom. The number of carbonyl (C=O) groups excluding carboxylic acids is 13. The minimum atomic E-state index is -1.81. The standard InChI is InChI=1S/C73H102N20O16S/c1-41(2)38-55-68(103)84-51(24-30-75)64(99)83-53(26-32-77)67(102)90-60(42(3)94)70(105)81-34-27-54(66(101)82-52(25-31-76)65(100)88-56(69(104)87-55)39-44-14-7-6-8-15-44)85-63(98)50(18-13-29-74)86-71(106)61(43(4)95)89-59(96)28-35-92(36-37-109-72(78)107)73(108)93-57-40-46(110-58-19-10-9-17-48(58)62(97)79-5)21-22-47(57)49(91-93)23-20-45-16-11-12-33-80-45/h6-12,14-17,19-23,33,40-43,50-56,60-61,94-95H,13,18,24-32,34-39,74-77H2,1-5H3,(H2,78,107)(H,79,97)(H,81,105)(H,82,101)(H,83,99)(H,84,103)(H,85,98)(H,86,106)(H,87,104)(H,88,100)(H,89,96)(H,90,102)/b23-20+/t42-,43-,50-,51-,52-,53-,54+,55-,56-,60-,61+/m1/s1. The first kappa shape index (κ1) is 87.9. The fraction of sp³-hybridized carbons (Fsp3) is 0.466. The van der Waals surface area contributed by atoms with Gasteiger partial charge in [-0.15, -0.1) is 0 Å². The van der Waals surface area contributed by atoms with Gasteiger partial charge in [-0.3, -0.25) is 57.7 Å². The van der Waals surface area contributed by atoms with Crippen LogP contribution in [0.25, 0.3) is 23.1 Å². The predicted octanol–water partition coefficient (Wildman–Crippen LogP) is -2.41. The van der Waals surface area contributed by atoms with E-state index < -0.39 is 170 Å². The van der Waals surface area contributed by atoms with Crippen molar-refractivity contribution < 1.29 is 77.3 Å². The summed E-state index contributed by atoms with van der Waals surface area (Å²) in [6, 6.07) is 11.0. The van der Waals surface area contributed by atoms with Crippen molar-refractivity contribution in [3.63, 3.8) is 0 Å². The molecule has 1 aliphatic rings. The molecule has 2 aromatic heterocycles. The van der Waals surface area contributed by atoms with Crippen molar-refractivity contribution in [3.05, 3.63) is 120 Å². The fourth-order valence-electron chi connectivity index (χ4n) is 11.6. The van der Waals surface area contributed by atoms with Crippen LogP contribution in [-0.4, -0.2) is 233 Å². The smallest absolute Gasteiger partial charge is 0.404 e. The number of benzene rings is 3. The van der Waals surface area contributed by atoms with E-state index in [9.17, 15) is 72.5 Å². The Hall–Kier alpha value is -11.0. The highest BCUT2D eigenvalue weighted by atomic mass is 32.2. The normalized spacial score (nSPS) is 19.7. The van der Waals surface area contributed by atoms with E-state index in [0.717, 1.165) is 9.58 Å². The first-order valence-corrected chi connectivity index (χ1v) is 36.9. The zero-order valence-corrected chi connectivity index (χ0v) is 62.9. The van der Waals surface area contributed by atoms with Crippen molar-refractivity contribution in [2.75, 3.05) is 59.5 Å². The number of primary amides is 1. The summed E-state index contributed by atoms with van der Waals surface area (Å²) in [4.78, 5) is 190. The van der Waals surface area contributed by atoms with Crippen molar-refractivity contribution in [2.24, 2.45) is 34.6 Å². The highest BCUT2D eigenvalue weighted by molar-refractivity contribution is 7.99. The molecular weight excluding hydrogens is 1440 g/mol. The zero-order valence-electron chi connectivity index (χ0n) is 62.0. The largest absolute Gasteiger partial charge is 0.448 e. The number of aliphatic hydroxyl groups is 2. The maximum atomic E-state index is 14.9. The summed E-state index contributed by atoms with van der Waals surface area (Å²) >= 11 is 1.24. The van der Waals surface area contributed by atoms with E-state index >= 15 is 0 Å². The summed E-state index contributed by atoms with van der Waals surface area (Å²) in [6.45, 7) is 3.58. The molecule has 0 saturated carbocycles. The van der Waals surface area contributed by atoms with E-state index in [0.29, 0.717) is 37.7 Å². The van der Waals surface area contributed by atoms with Gasteiger partial charge < -0.3 is 107 Å². The Morgan fingerprint density at radius 1 is 0.682 bits per heavy atom. The molecule has 596 valence electrons. The third-order valence-corrected chi connectivity index (χ3v) is 18.5. The van der Waals surface area contributed by atoms with Gasteiger partial charge in [0.1, 0.15) is 61.0 Å². The van der Waals surface area contributed by atoms with Crippen molar-refractivity contribution >= 4 is 112 Å². The second kappa shape index (κ2) is 44.5. The summed E-state index contributed by atoms with van der Waals surface area (Å²) in [5.74, 6) is -10.2. The number of aliphatic hydroxyl groups excluding tert-OH is 2. The van der Waals surface area contributed by atoms with E-state index in [2.05, 4.69) is 68.6 Å². The van der Waals surface area contributed by atoms with Crippen LogP contribution in [0.15, 0.2) is 107 Å². The van der Waals surface area contributed by atoms with Crippen LogP contribution in [0.2, 0.25) is 0 Å². The Balaban J connectivity index is 1.29. The highest BCUT2D eigenvalue weighted by Gasteiger charge is 2.38. The number of fused-ring (bicyclic) bond motifs is 1. The van der Waals surface area contributed by atoms with Gasteiger partial charge in [0.15, 0.2) is 0 Å². The predicted molar refractivity (Wildman–Crippen MR) is 407 cm³/mol. The molecule has 1 saturated heterocycles. The monoisotopic (exact) mass is 1550 g/mol. The molecule has 11 atom stereocenters. The van der Waals surface area contributed by atoms with Crippen LogP contribution in [0.3, 0.4) is 0 Å². The molecule has 0 radical (unpaired) electrons. The molecule has 0 unspecified atom stereocenters. The number of nitrogens with one attached hydrogen (secondary N) is 11. The van der Waals surface area contributed by atoms with Crippen molar-refractivity contribution in [1.82, 2.24) is 78.1 Å². The SMILES string of the molecule is CNC(=O)c1ccccc1Sc1ccc2c(/C=C/c3ccccn3)nn(C(=O)N(CCOC(N)=O)CCC(=O)N[C@H](C(=O)N[C@H](CCCN)C(=O)N[C@H]3CCNC(=O)[C@@H]([C@@H](C)O)NC(=O)[C@@H](CCN)NC(=O)[C@@H](CCN)NC(=O)[C@@H](CC(C)C)NC(=O)[C@@H](Cc4ccccc4)NC(=O)[C@@H](CCN)NC3=O)[C@@H](C)O)c2c1. The molecule has 1 fully saturated rings. The van der Waals surface area contributed by atoms with Gasteiger partial charge in [0.2, 0.25) is 59.1 Å². The van der Waals surface area contributed by atoms with Crippen LogP contribution >= 0.6 is 11.8 Å². The van der Waals surface area contributed by atoms with E-state index in [1.807, 2.05) is 0 Å². The van der Waals surface area contributed by atoms with Gasteiger partial charge in [0.05, 0.1) is 41.2 Å². The molecule has 23 N–H and O–H groups in total. The molecular formula is C73H102N20O16S. The second-order valence-corrected chi connectivity index (χ2v) is 27.5. The second-order valence-electron chi connectivity index (χ2n) is 26.4. The summed E-state index contributed by atoms with van der Waals surface area (Å²) < 4.78 is 6.10. The number of nitrogens with two attached hydrogens (primary N) is 5. The number of hydrogen-bond donors (Lipinski definition) is 18.